The van der Waals surface area contributed by atoms with Crippen LogP contribution in [0.1, 0.15) is 32.6 Å². The van der Waals surface area contributed by atoms with E-state index in [0.717, 1.165) is 12.8 Å². The number of thioether (sulfide) groups is 1. The zero-order valence-electron chi connectivity index (χ0n) is 17.5. The lowest BCUT2D eigenvalue weighted by molar-refractivity contribution is -0.139. The fourth-order valence-corrected chi connectivity index (χ4v) is 7.77. The zero-order chi connectivity index (χ0) is 22.2. The molecule has 5 atom stereocenters. The molecule has 0 radical (unpaired) electrons. The second-order valence-electron chi connectivity index (χ2n) is 8.42. The van der Waals surface area contributed by atoms with Crippen LogP contribution in [0.4, 0.5) is 5.69 Å². The molecule has 7 nitrogen and oxygen atoms in total. The standard InChI is InChI=1S/C22H28ClN3O4S/c1-2-10-24-19(28)16-15-8-9-22(31-15)17(16)21(30)26(11-5-12-27)18(22)20(29)25-14-7-4-3-6-13(14)23/h3-4,6-7,15-18,27H,2,5,8-12H2,1H3,(H,24,28)(H,25,29)/t15-,16+,17+,18?,22?/m1/s1. The highest BCUT2D eigenvalue weighted by molar-refractivity contribution is 8.02. The summed E-state index contributed by atoms with van der Waals surface area (Å²) < 4.78 is -0.628. The lowest BCUT2D eigenvalue weighted by Gasteiger charge is -2.34. The number of halogens is 1. The maximum absolute atomic E-state index is 13.5. The molecule has 0 aliphatic carbocycles. The van der Waals surface area contributed by atoms with Crippen LogP contribution in [0.2, 0.25) is 5.02 Å². The van der Waals surface area contributed by atoms with Gasteiger partial charge in [0.05, 0.1) is 27.3 Å². The predicted octanol–water partition coefficient (Wildman–Crippen LogP) is 2.28. The number of nitrogens with one attached hydrogen (secondary N) is 2. The Bertz CT molecular complexity index is 884. The number of hydrogen-bond donors (Lipinski definition) is 3. The third-order valence-corrected chi connectivity index (χ3v) is 8.87. The Morgan fingerprint density at radius 2 is 2.10 bits per heavy atom. The average molecular weight is 466 g/mol. The highest BCUT2D eigenvalue weighted by Gasteiger charge is 2.73. The summed E-state index contributed by atoms with van der Waals surface area (Å²) in [6, 6.07) is 6.30. The minimum absolute atomic E-state index is 0.0430. The number of fused-ring (bicyclic) bond motifs is 1. The molecule has 3 fully saturated rings. The van der Waals surface area contributed by atoms with Gasteiger partial charge in [0.1, 0.15) is 6.04 Å². The Balaban J connectivity index is 1.66. The number of carbonyl (C=O) groups excluding carboxylic acids is 3. The molecule has 3 amide bonds. The van der Waals surface area contributed by atoms with Crippen molar-refractivity contribution < 1.29 is 19.5 Å². The number of aliphatic hydroxyl groups is 1. The summed E-state index contributed by atoms with van der Waals surface area (Å²) in [6.07, 6.45) is 2.73. The van der Waals surface area contributed by atoms with Gasteiger partial charge in [0.2, 0.25) is 17.7 Å². The van der Waals surface area contributed by atoms with E-state index in [-0.39, 0.29) is 36.1 Å². The van der Waals surface area contributed by atoms with E-state index in [2.05, 4.69) is 10.6 Å². The number of rotatable bonds is 8. The van der Waals surface area contributed by atoms with Crippen molar-refractivity contribution in [1.82, 2.24) is 10.2 Å². The summed E-state index contributed by atoms with van der Waals surface area (Å²) in [5.74, 6) is -1.47. The maximum Gasteiger partial charge on any atom is 0.248 e. The summed E-state index contributed by atoms with van der Waals surface area (Å²) in [6.45, 7) is 2.77. The molecule has 9 heteroatoms. The van der Waals surface area contributed by atoms with Gasteiger partial charge in [-0.15, -0.1) is 11.8 Å². The predicted molar refractivity (Wildman–Crippen MR) is 121 cm³/mol. The van der Waals surface area contributed by atoms with E-state index in [1.165, 1.54) is 0 Å². The fraction of sp³-hybridized carbons (Fsp3) is 0.591. The van der Waals surface area contributed by atoms with E-state index in [0.29, 0.717) is 30.1 Å². The first kappa shape index (κ1) is 22.4. The molecule has 168 valence electrons. The second-order valence-corrected chi connectivity index (χ2v) is 10.4. The number of para-hydroxylation sites is 1. The van der Waals surface area contributed by atoms with Gasteiger partial charge in [0.15, 0.2) is 0 Å². The Morgan fingerprint density at radius 1 is 1.32 bits per heavy atom. The van der Waals surface area contributed by atoms with Crippen LogP contribution >= 0.6 is 23.4 Å². The third kappa shape index (κ3) is 3.72. The number of benzene rings is 1. The molecule has 2 unspecified atom stereocenters. The highest BCUT2D eigenvalue weighted by atomic mass is 35.5. The first-order valence-corrected chi connectivity index (χ1v) is 12.1. The van der Waals surface area contributed by atoms with Gasteiger partial charge in [-0.3, -0.25) is 14.4 Å². The van der Waals surface area contributed by atoms with Gasteiger partial charge in [-0.1, -0.05) is 30.7 Å². The normalized spacial score (nSPS) is 31.1. The SMILES string of the molecule is CCCNC(=O)[C@@H]1[C@H]2C(=O)N(CCCO)C(C(=O)Nc3ccccc3Cl)C23CC[C@H]1S3. The average Bonchev–Trinajstić information content (AvgIpc) is 3.39. The lowest BCUT2D eigenvalue weighted by Crippen LogP contribution is -2.52. The Morgan fingerprint density at radius 3 is 2.81 bits per heavy atom. The largest absolute Gasteiger partial charge is 0.396 e. The number of amides is 3. The van der Waals surface area contributed by atoms with Gasteiger partial charge < -0.3 is 20.6 Å². The van der Waals surface area contributed by atoms with Gasteiger partial charge in [0.25, 0.3) is 0 Å². The van der Waals surface area contributed by atoms with Crippen LogP contribution < -0.4 is 10.6 Å². The maximum atomic E-state index is 13.5. The Labute approximate surface area is 191 Å². The molecule has 3 aliphatic rings. The summed E-state index contributed by atoms with van der Waals surface area (Å²) in [7, 11) is 0. The van der Waals surface area contributed by atoms with Crippen molar-refractivity contribution in [3.8, 4) is 0 Å². The topological polar surface area (TPSA) is 98.7 Å². The zero-order valence-corrected chi connectivity index (χ0v) is 19.0. The molecule has 4 rings (SSSR count). The Hall–Kier alpha value is -1.77. The molecule has 3 aliphatic heterocycles. The quantitative estimate of drug-likeness (QED) is 0.547. The van der Waals surface area contributed by atoms with Gasteiger partial charge in [0, 0.05) is 24.9 Å². The van der Waals surface area contributed by atoms with Crippen molar-refractivity contribution in [1.29, 1.82) is 0 Å². The first-order chi connectivity index (χ1) is 14.9. The number of nitrogens with zero attached hydrogens (tertiary/aromatic N) is 1. The molecular weight excluding hydrogens is 438 g/mol. The van der Waals surface area contributed by atoms with Gasteiger partial charge in [-0.25, -0.2) is 0 Å². The van der Waals surface area contributed by atoms with Crippen molar-refractivity contribution >= 4 is 46.8 Å². The first-order valence-electron chi connectivity index (χ1n) is 10.9. The fourth-order valence-electron chi connectivity index (χ4n) is 5.37. The van der Waals surface area contributed by atoms with E-state index in [1.807, 2.05) is 6.92 Å². The van der Waals surface area contributed by atoms with E-state index in [4.69, 9.17) is 11.6 Å². The van der Waals surface area contributed by atoms with Crippen LogP contribution in [0.15, 0.2) is 24.3 Å². The number of aliphatic hydroxyl groups excluding tert-OH is 1. The van der Waals surface area contributed by atoms with E-state index < -0.39 is 22.6 Å². The molecule has 3 saturated heterocycles. The van der Waals surface area contributed by atoms with Gasteiger partial charge in [-0.2, -0.15) is 0 Å². The third-order valence-electron chi connectivity index (χ3n) is 6.59. The number of anilines is 1. The summed E-state index contributed by atoms with van der Waals surface area (Å²) >= 11 is 7.87. The molecule has 1 spiro atoms. The minimum atomic E-state index is -0.702. The van der Waals surface area contributed by atoms with E-state index in [1.54, 1.807) is 40.9 Å². The molecule has 2 bridgehead atoms. The van der Waals surface area contributed by atoms with Crippen molar-refractivity contribution in [2.45, 2.75) is 48.6 Å². The lowest BCUT2D eigenvalue weighted by atomic mass is 9.70. The summed E-state index contributed by atoms with van der Waals surface area (Å²) in [4.78, 5) is 41.6. The molecule has 3 heterocycles. The molecule has 1 aromatic rings. The van der Waals surface area contributed by atoms with E-state index >= 15 is 0 Å². The van der Waals surface area contributed by atoms with Crippen LogP contribution in [-0.4, -0.2) is 63.5 Å². The Kier molecular flexibility index (Phi) is 6.51. The van der Waals surface area contributed by atoms with Crippen LogP contribution in [0.5, 0.6) is 0 Å². The number of hydrogen-bond acceptors (Lipinski definition) is 5. The number of likely N-dealkylation sites (tertiary alicyclic amines) is 1. The van der Waals surface area contributed by atoms with Crippen molar-refractivity contribution in [3.05, 3.63) is 29.3 Å². The summed E-state index contributed by atoms with van der Waals surface area (Å²) in [5.41, 5.74) is 0.498. The van der Waals surface area contributed by atoms with Crippen LogP contribution in [0, 0.1) is 11.8 Å². The molecule has 0 aromatic heterocycles. The molecule has 1 aromatic carbocycles. The molecule has 0 saturated carbocycles. The van der Waals surface area contributed by atoms with Crippen molar-refractivity contribution in [3.63, 3.8) is 0 Å². The number of carbonyl (C=O) groups is 3. The molecule has 31 heavy (non-hydrogen) atoms. The molecule has 3 N–H and O–H groups in total. The highest BCUT2D eigenvalue weighted by Crippen LogP contribution is 2.66. The molecular formula is C22H28ClN3O4S. The van der Waals surface area contributed by atoms with Crippen molar-refractivity contribution in [2.24, 2.45) is 11.8 Å². The van der Waals surface area contributed by atoms with Gasteiger partial charge in [-0.05, 0) is 37.8 Å². The van der Waals surface area contributed by atoms with Gasteiger partial charge >= 0.3 is 0 Å². The smallest absolute Gasteiger partial charge is 0.248 e. The van der Waals surface area contributed by atoms with Crippen molar-refractivity contribution in [2.75, 3.05) is 25.0 Å². The van der Waals surface area contributed by atoms with Crippen LogP contribution in [-0.2, 0) is 14.4 Å². The summed E-state index contributed by atoms with van der Waals surface area (Å²) in [5, 5.41) is 15.7. The minimum Gasteiger partial charge on any atom is -0.396 e. The monoisotopic (exact) mass is 465 g/mol. The second kappa shape index (κ2) is 9.00. The van der Waals surface area contributed by atoms with Crippen LogP contribution in [0.25, 0.3) is 0 Å². The van der Waals surface area contributed by atoms with Crippen LogP contribution in [0.3, 0.4) is 0 Å². The van der Waals surface area contributed by atoms with E-state index in [9.17, 15) is 19.5 Å².